The summed E-state index contributed by atoms with van der Waals surface area (Å²) in [7, 11) is 0. The van der Waals surface area contributed by atoms with E-state index in [4.69, 9.17) is 4.98 Å². The van der Waals surface area contributed by atoms with Gasteiger partial charge in [0.15, 0.2) is 0 Å². The van der Waals surface area contributed by atoms with Crippen molar-refractivity contribution in [2.45, 2.75) is 33.6 Å². The largest absolute Gasteiger partial charge is 0.353 e. The Morgan fingerprint density at radius 2 is 1.48 bits per heavy atom. The summed E-state index contributed by atoms with van der Waals surface area (Å²) in [6.07, 6.45) is 2.42. The molecule has 0 spiro atoms. The highest BCUT2D eigenvalue weighted by molar-refractivity contribution is 5.89. The third-order valence-electron chi connectivity index (χ3n) is 5.58. The Morgan fingerprint density at radius 3 is 2.14 bits per heavy atom. The number of benzene rings is 1. The lowest BCUT2D eigenvalue weighted by atomic mass is 10.1. The number of nitrogens with zero attached hydrogens (tertiary/aromatic N) is 5. The normalized spacial score (nSPS) is 17.0. The zero-order valence-electron chi connectivity index (χ0n) is 17.6. The Labute approximate surface area is 172 Å². The Kier molecular flexibility index (Phi) is 5.56. The molecule has 7 heteroatoms. The summed E-state index contributed by atoms with van der Waals surface area (Å²) in [6.45, 7) is 11.1. The van der Waals surface area contributed by atoms with E-state index in [2.05, 4.69) is 26.2 Å². The summed E-state index contributed by atoms with van der Waals surface area (Å²) in [5.74, 6) is 1.81. The molecule has 0 radical (unpaired) electrons. The lowest BCUT2D eigenvalue weighted by Gasteiger charge is -2.35. The number of hydrogen-bond acceptors (Lipinski definition) is 5. The van der Waals surface area contributed by atoms with Crippen LogP contribution < -0.4 is 15.1 Å². The lowest BCUT2D eigenvalue weighted by Crippen LogP contribution is -2.50. The highest BCUT2D eigenvalue weighted by Crippen LogP contribution is 2.22. The summed E-state index contributed by atoms with van der Waals surface area (Å²) >= 11 is 0. The van der Waals surface area contributed by atoms with Crippen LogP contribution in [0.25, 0.3) is 0 Å². The topological polar surface area (TPSA) is 64.6 Å². The van der Waals surface area contributed by atoms with Gasteiger partial charge >= 0.3 is 6.03 Å². The monoisotopic (exact) mass is 394 g/mol. The number of urea groups is 1. The number of piperazine rings is 1. The predicted molar refractivity (Wildman–Crippen MR) is 117 cm³/mol. The van der Waals surface area contributed by atoms with Crippen molar-refractivity contribution in [1.29, 1.82) is 0 Å². The molecule has 0 atom stereocenters. The van der Waals surface area contributed by atoms with E-state index in [-0.39, 0.29) is 6.03 Å². The number of rotatable bonds is 3. The molecular formula is C22H30N6O. The van der Waals surface area contributed by atoms with Crippen LogP contribution in [0.15, 0.2) is 24.3 Å². The minimum Gasteiger partial charge on any atom is -0.353 e. The van der Waals surface area contributed by atoms with Gasteiger partial charge in [0.05, 0.1) is 0 Å². The van der Waals surface area contributed by atoms with Crippen molar-refractivity contribution >= 4 is 23.5 Å². The van der Waals surface area contributed by atoms with Crippen LogP contribution in [0, 0.1) is 20.8 Å². The number of aromatic nitrogens is 2. The maximum atomic E-state index is 12.7. The van der Waals surface area contributed by atoms with Gasteiger partial charge in [-0.3, -0.25) is 0 Å². The summed E-state index contributed by atoms with van der Waals surface area (Å²) in [5, 5.41) is 3.04. The number of aryl methyl sites for hydroxylation is 3. The fourth-order valence-corrected chi connectivity index (χ4v) is 4.15. The molecular weight excluding hydrogens is 364 g/mol. The first-order chi connectivity index (χ1) is 14.0. The second kappa shape index (κ2) is 8.27. The van der Waals surface area contributed by atoms with Gasteiger partial charge < -0.3 is 20.0 Å². The molecule has 2 saturated heterocycles. The van der Waals surface area contributed by atoms with E-state index >= 15 is 0 Å². The van der Waals surface area contributed by atoms with Crippen molar-refractivity contribution in [3.63, 3.8) is 0 Å². The first-order valence-electron chi connectivity index (χ1n) is 10.5. The smallest absolute Gasteiger partial charge is 0.321 e. The van der Waals surface area contributed by atoms with Crippen molar-refractivity contribution in [3.05, 3.63) is 41.1 Å². The van der Waals surface area contributed by atoms with E-state index in [9.17, 15) is 4.79 Å². The highest BCUT2D eigenvalue weighted by Gasteiger charge is 2.24. The van der Waals surface area contributed by atoms with E-state index in [1.54, 1.807) is 0 Å². The van der Waals surface area contributed by atoms with Gasteiger partial charge in [-0.2, -0.15) is 4.98 Å². The highest BCUT2D eigenvalue weighted by atomic mass is 16.2. The molecule has 154 valence electrons. The molecule has 0 aliphatic carbocycles. The zero-order valence-corrected chi connectivity index (χ0v) is 17.6. The summed E-state index contributed by atoms with van der Waals surface area (Å²) in [4.78, 5) is 28.5. The van der Waals surface area contributed by atoms with Gasteiger partial charge in [-0.1, -0.05) is 6.07 Å². The van der Waals surface area contributed by atoms with E-state index in [0.717, 1.165) is 60.5 Å². The minimum absolute atomic E-state index is 0.0359. The number of carbonyl (C=O) groups excluding carboxylic acids is 1. The Morgan fingerprint density at radius 1 is 0.828 bits per heavy atom. The van der Waals surface area contributed by atoms with Crippen LogP contribution in [0.1, 0.15) is 29.7 Å². The Bertz CT molecular complexity index is 865. The molecule has 1 aromatic carbocycles. The molecule has 29 heavy (non-hydrogen) atoms. The molecule has 4 rings (SSSR count). The van der Waals surface area contributed by atoms with Crippen molar-refractivity contribution in [1.82, 2.24) is 14.9 Å². The summed E-state index contributed by atoms with van der Waals surface area (Å²) < 4.78 is 0. The van der Waals surface area contributed by atoms with Crippen LogP contribution in [0.5, 0.6) is 0 Å². The molecule has 3 heterocycles. The molecule has 1 aromatic heterocycles. The van der Waals surface area contributed by atoms with Gasteiger partial charge in [0.2, 0.25) is 5.95 Å². The van der Waals surface area contributed by atoms with Gasteiger partial charge in [0.25, 0.3) is 0 Å². The first-order valence-corrected chi connectivity index (χ1v) is 10.5. The fraction of sp³-hybridized carbons (Fsp3) is 0.500. The van der Waals surface area contributed by atoms with Crippen molar-refractivity contribution in [2.24, 2.45) is 0 Å². The second-order valence-electron chi connectivity index (χ2n) is 8.14. The van der Waals surface area contributed by atoms with Crippen molar-refractivity contribution in [2.75, 3.05) is 54.4 Å². The van der Waals surface area contributed by atoms with E-state index in [1.165, 1.54) is 12.8 Å². The SMILES string of the molecule is Cc1cc(C)cc(NC(=O)N2CCN(c3cc(C)nc(N4CCCC4)n3)CC2)c1. The standard InChI is InChI=1S/C22H30N6O/c1-16-12-17(2)14-19(13-16)24-22(29)28-10-8-26(9-11-28)20-15-18(3)23-21(25-20)27-6-4-5-7-27/h12-15H,4-11H2,1-3H3,(H,24,29). The molecule has 7 nitrogen and oxygen atoms in total. The average Bonchev–Trinajstić information content (AvgIpc) is 3.22. The van der Waals surface area contributed by atoms with Crippen molar-refractivity contribution in [3.8, 4) is 0 Å². The fourth-order valence-electron chi connectivity index (χ4n) is 4.15. The Hall–Kier alpha value is -2.83. The van der Waals surface area contributed by atoms with Crippen LogP contribution in [0.2, 0.25) is 0 Å². The molecule has 2 aliphatic heterocycles. The van der Waals surface area contributed by atoms with Gasteiger partial charge in [-0.05, 0) is 56.9 Å². The molecule has 2 fully saturated rings. The number of hydrogen-bond donors (Lipinski definition) is 1. The maximum Gasteiger partial charge on any atom is 0.321 e. The molecule has 0 unspecified atom stereocenters. The van der Waals surface area contributed by atoms with Crippen LogP contribution in [0.4, 0.5) is 22.2 Å². The average molecular weight is 395 g/mol. The van der Waals surface area contributed by atoms with Crippen LogP contribution >= 0.6 is 0 Å². The number of carbonyl (C=O) groups is 1. The lowest BCUT2D eigenvalue weighted by molar-refractivity contribution is 0.208. The molecule has 0 saturated carbocycles. The molecule has 2 aliphatic rings. The number of anilines is 3. The van der Waals surface area contributed by atoms with E-state index < -0.39 is 0 Å². The number of amides is 2. The third kappa shape index (κ3) is 4.60. The number of nitrogens with one attached hydrogen (secondary N) is 1. The van der Waals surface area contributed by atoms with E-state index in [1.807, 2.05) is 43.9 Å². The quantitative estimate of drug-likeness (QED) is 0.865. The van der Waals surface area contributed by atoms with Crippen LogP contribution in [-0.4, -0.2) is 60.2 Å². The molecule has 2 amide bonds. The van der Waals surface area contributed by atoms with Crippen LogP contribution in [0.3, 0.4) is 0 Å². The van der Waals surface area contributed by atoms with Gasteiger partial charge in [-0.25, -0.2) is 9.78 Å². The maximum absolute atomic E-state index is 12.7. The zero-order chi connectivity index (χ0) is 20.4. The van der Waals surface area contributed by atoms with Gasteiger partial charge in [0.1, 0.15) is 5.82 Å². The molecule has 2 aromatic rings. The van der Waals surface area contributed by atoms with Gasteiger partial charge in [-0.15, -0.1) is 0 Å². The molecule has 0 bridgehead atoms. The first kappa shape index (κ1) is 19.5. The second-order valence-corrected chi connectivity index (χ2v) is 8.14. The summed E-state index contributed by atoms with van der Waals surface area (Å²) in [6, 6.07) is 8.13. The van der Waals surface area contributed by atoms with E-state index in [0.29, 0.717) is 13.1 Å². The minimum atomic E-state index is -0.0359. The van der Waals surface area contributed by atoms with Crippen LogP contribution in [-0.2, 0) is 0 Å². The third-order valence-corrected chi connectivity index (χ3v) is 5.58. The van der Waals surface area contributed by atoms with Gasteiger partial charge in [0, 0.05) is 56.7 Å². The summed E-state index contributed by atoms with van der Waals surface area (Å²) in [5.41, 5.74) is 4.15. The Balaban J connectivity index is 1.38. The predicted octanol–water partition coefficient (Wildman–Crippen LogP) is 3.36. The van der Waals surface area contributed by atoms with Crippen molar-refractivity contribution < 1.29 is 4.79 Å². The molecule has 1 N–H and O–H groups in total.